The molecule has 1 atom stereocenters. The van der Waals surface area contributed by atoms with Crippen LogP contribution in [0.4, 0.5) is 5.82 Å². The summed E-state index contributed by atoms with van der Waals surface area (Å²) >= 11 is 5.63. The van der Waals surface area contributed by atoms with Gasteiger partial charge in [-0.2, -0.15) is 0 Å². The Balaban J connectivity index is 0.000000980. The largest absolute Gasteiger partial charge is 0.354 e. The lowest BCUT2D eigenvalue weighted by atomic mass is 10.3. The molecule has 2 N–H and O–H groups in total. The SMILES string of the molecule is Cl.N[C@H]1CCN(c2ccc(Cl)nn2)C1. The highest BCUT2D eigenvalue weighted by molar-refractivity contribution is 6.29. The van der Waals surface area contributed by atoms with Crippen LogP contribution in [0.5, 0.6) is 0 Å². The van der Waals surface area contributed by atoms with Gasteiger partial charge in [-0.3, -0.25) is 0 Å². The number of nitrogens with two attached hydrogens (primary N) is 1. The first-order chi connectivity index (χ1) is 6.25. The number of aromatic nitrogens is 2. The van der Waals surface area contributed by atoms with Gasteiger partial charge in [-0.1, -0.05) is 11.6 Å². The summed E-state index contributed by atoms with van der Waals surface area (Å²) in [5.41, 5.74) is 5.78. The van der Waals surface area contributed by atoms with E-state index in [0.29, 0.717) is 5.15 Å². The Morgan fingerprint density at radius 3 is 2.71 bits per heavy atom. The third-order valence-corrected chi connectivity index (χ3v) is 2.37. The van der Waals surface area contributed by atoms with Gasteiger partial charge in [0.25, 0.3) is 0 Å². The van der Waals surface area contributed by atoms with Gasteiger partial charge in [0, 0.05) is 19.1 Å². The second kappa shape index (κ2) is 4.77. The molecule has 78 valence electrons. The highest BCUT2D eigenvalue weighted by Crippen LogP contribution is 2.16. The molecule has 1 aliphatic heterocycles. The molecule has 1 aliphatic rings. The number of rotatable bonds is 1. The zero-order valence-electron chi connectivity index (χ0n) is 7.56. The van der Waals surface area contributed by atoms with E-state index in [0.717, 1.165) is 25.3 Å². The van der Waals surface area contributed by atoms with Gasteiger partial charge in [-0.15, -0.1) is 22.6 Å². The van der Waals surface area contributed by atoms with Crippen LogP contribution in [0.25, 0.3) is 0 Å². The number of nitrogens with zero attached hydrogens (tertiary/aromatic N) is 3. The van der Waals surface area contributed by atoms with Gasteiger partial charge in [0.15, 0.2) is 11.0 Å². The van der Waals surface area contributed by atoms with E-state index in [1.807, 2.05) is 6.07 Å². The monoisotopic (exact) mass is 234 g/mol. The van der Waals surface area contributed by atoms with Crippen molar-refractivity contribution in [1.82, 2.24) is 10.2 Å². The van der Waals surface area contributed by atoms with Crippen LogP contribution < -0.4 is 10.6 Å². The number of hydrogen-bond acceptors (Lipinski definition) is 4. The Morgan fingerprint density at radius 1 is 1.43 bits per heavy atom. The summed E-state index contributed by atoms with van der Waals surface area (Å²) in [7, 11) is 0. The van der Waals surface area contributed by atoms with Crippen molar-refractivity contribution < 1.29 is 0 Å². The van der Waals surface area contributed by atoms with Crippen molar-refractivity contribution >= 4 is 29.8 Å². The van der Waals surface area contributed by atoms with Crippen LogP contribution in [0, 0.1) is 0 Å². The van der Waals surface area contributed by atoms with E-state index in [1.54, 1.807) is 6.07 Å². The summed E-state index contributed by atoms with van der Waals surface area (Å²) in [6, 6.07) is 3.87. The van der Waals surface area contributed by atoms with Crippen molar-refractivity contribution in [2.24, 2.45) is 5.73 Å². The van der Waals surface area contributed by atoms with Gasteiger partial charge >= 0.3 is 0 Å². The first-order valence-corrected chi connectivity index (χ1v) is 4.63. The second-order valence-electron chi connectivity index (χ2n) is 3.21. The van der Waals surface area contributed by atoms with Crippen LogP contribution in [0.3, 0.4) is 0 Å². The quantitative estimate of drug-likeness (QED) is 0.791. The van der Waals surface area contributed by atoms with Crippen molar-refractivity contribution in [2.75, 3.05) is 18.0 Å². The molecule has 2 heterocycles. The van der Waals surface area contributed by atoms with Gasteiger partial charge in [0.05, 0.1) is 0 Å². The van der Waals surface area contributed by atoms with Gasteiger partial charge in [-0.25, -0.2) is 0 Å². The maximum Gasteiger partial charge on any atom is 0.151 e. The minimum atomic E-state index is 0. The molecule has 1 saturated heterocycles. The fourth-order valence-corrected chi connectivity index (χ4v) is 1.57. The molecule has 4 nitrogen and oxygen atoms in total. The standard InChI is InChI=1S/C8H11ClN4.ClH/c9-7-1-2-8(12-11-7)13-4-3-6(10)5-13;/h1-2,6H,3-5,10H2;1H/t6-;/m0./s1. The lowest BCUT2D eigenvalue weighted by Crippen LogP contribution is -2.26. The Hall–Kier alpha value is -0.580. The lowest BCUT2D eigenvalue weighted by molar-refractivity contribution is 0.750. The minimum absolute atomic E-state index is 0. The molecule has 0 unspecified atom stereocenters. The van der Waals surface area contributed by atoms with Crippen molar-refractivity contribution in [3.63, 3.8) is 0 Å². The minimum Gasteiger partial charge on any atom is -0.354 e. The van der Waals surface area contributed by atoms with E-state index >= 15 is 0 Å². The van der Waals surface area contributed by atoms with E-state index in [2.05, 4.69) is 15.1 Å². The normalized spacial score (nSPS) is 20.7. The molecule has 0 spiro atoms. The number of hydrogen-bond donors (Lipinski definition) is 1. The van der Waals surface area contributed by atoms with Crippen molar-refractivity contribution in [1.29, 1.82) is 0 Å². The van der Waals surface area contributed by atoms with E-state index < -0.39 is 0 Å². The van der Waals surface area contributed by atoms with Gasteiger partial charge in [0.1, 0.15) is 0 Å². The highest BCUT2D eigenvalue weighted by atomic mass is 35.5. The summed E-state index contributed by atoms with van der Waals surface area (Å²) < 4.78 is 0. The van der Waals surface area contributed by atoms with Gasteiger partial charge in [-0.05, 0) is 18.6 Å². The van der Waals surface area contributed by atoms with Crippen LogP contribution in [-0.2, 0) is 0 Å². The summed E-state index contributed by atoms with van der Waals surface area (Å²) in [4.78, 5) is 2.12. The Labute approximate surface area is 93.8 Å². The topological polar surface area (TPSA) is 55.0 Å². The predicted molar refractivity (Wildman–Crippen MR) is 59.1 cm³/mol. The molecule has 0 bridgehead atoms. The summed E-state index contributed by atoms with van der Waals surface area (Å²) in [6.45, 7) is 1.81. The molecule has 14 heavy (non-hydrogen) atoms. The molecule has 0 radical (unpaired) electrons. The third kappa shape index (κ3) is 2.47. The molecule has 0 amide bonds. The molecule has 0 aliphatic carbocycles. The fraction of sp³-hybridized carbons (Fsp3) is 0.500. The third-order valence-electron chi connectivity index (χ3n) is 2.17. The van der Waals surface area contributed by atoms with Crippen LogP contribution >= 0.6 is 24.0 Å². The summed E-state index contributed by atoms with van der Waals surface area (Å²) in [5, 5.41) is 8.19. The second-order valence-corrected chi connectivity index (χ2v) is 3.60. The van der Waals surface area contributed by atoms with Crippen LogP contribution in [-0.4, -0.2) is 29.3 Å². The van der Waals surface area contributed by atoms with Crippen LogP contribution in [0.1, 0.15) is 6.42 Å². The van der Waals surface area contributed by atoms with Crippen molar-refractivity contribution in [2.45, 2.75) is 12.5 Å². The number of halogens is 2. The Morgan fingerprint density at radius 2 is 2.21 bits per heavy atom. The molecule has 1 aromatic heterocycles. The zero-order chi connectivity index (χ0) is 9.26. The molecule has 0 saturated carbocycles. The summed E-state index contributed by atoms with van der Waals surface area (Å²) in [6.07, 6.45) is 1.02. The molecule has 1 aromatic rings. The maximum atomic E-state index is 5.78. The van der Waals surface area contributed by atoms with E-state index in [4.69, 9.17) is 17.3 Å². The maximum absolute atomic E-state index is 5.78. The molecular formula is C8H12Cl2N4. The Kier molecular flexibility index (Phi) is 3.92. The van der Waals surface area contributed by atoms with E-state index in [-0.39, 0.29) is 18.4 Å². The number of anilines is 1. The van der Waals surface area contributed by atoms with Crippen LogP contribution in [0.2, 0.25) is 5.15 Å². The molecule has 6 heteroatoms. The Bertz CT molecular complexity index is 290. The average Bonchev–Trinajstić information content (AvgIpc) is 2.53. The van der Waals surface area contributed by atoms with Crippen molar-refractivity contribution in [3.05, 3.63) is 17.3 Å². The summed E-state index contributed by atoms with van der Waals surface area (Å²) in [5.74, 6) is 0.859. The highest BCUT2D eigenvalue weighted by Gasteiger charge is 2.20. The average molecular weight is 235 g/mol. The molecular weight excluding hydrogens is 223 g/mol. The molecule has 0 aromatic carbocycles. The van der Waals surface area contributed by atoms with E-state index in [1.165, 1.54) is 0 Å². The first kappa shape index (κ1) is 11.5. The van der Waals surface area contributed by atoms with Crippen LogP contribution in [0.15, 0.2) is 12.1 Å². The first-order valence-electron chi connectivity index (χ1n) is 4.25. The zero-order valence-corrected chi connectivity index (χ0v) is 9.13. The van der Waals surface area contributed by atoms with Crippen molar-refractivity contribution in [3.8, 4) is 0 Å². The van der Waals surface area contributed by atoms with Gasteiger partial charge < -0.3 is 10.6 Å². The molecule has 2 rings (SSSR count). The fourth-order valence-electron chi connectivity index (χ4n) is 1.47. The molecule has 1 fully saturated rings. The lowest BCUT2D eigenvalue weighted by Gasteiger charge is -2.15. The van der Waals surface area contributed by atoms with Gasteiger partial charge in [0.2, 0.25) is 0 Å². The predicted octanol–water partition coefficient (Wildman–Crippen LogP) is 1.09. The smallest absolute Gasteiger partial charge is 0.151 e. The van der Waals surface area contributed by atoms with E-state index in [9.17, 15) is 0 Å².